The Balaban J connectivity index is 2.49. The Labute approximate surface area is 132 Å². The molecule has 0 unspecified atom stereocenters. The number of likely N-dealkylation sites (N-methyl/N-ethyl adjacent to an activating group) is 1. The Hall–Kier alpha value is -1.31. The summed E-state index contributed by atoms with van der Waals surface area (Å²) in [7, 11) is 1.53. The number of anilines is 1. The van der Waals surface area contributed by atoms with Gasteiger partial charge in [-0.25, -0.2) is 4.79 Å². The number of benzene rings is 1. The van der Waals surface area contributed by atoms with Crippen molar-refractivity contribution in [3.63, 3.8) is 0 Å². The Bertz CT molecular complexity index is 480. The van der Waals surface area contributed by atoms with Crippen LogP contribution in [0.3, 0.4) is 0 Å². The van der Waals surface area contributed by atoms with E-state index >= 15 is 0 Å². The van der Waals surface area contributed by atoms with E-state index in [0.717, 1.165) is 3.57 Å². The standard InChI is InChI=1S/C14H19IN2O3/c1-14(2,3)20-13(19)17(4)9-12(18)16-11-7-5-10(15)6-8-11/h5-8H,9H2,1-4H3,(H,16,18). The SMILES string of the molecule is CN(CC(=O)Nc1ccc(I)cc1)C(=O)OC(C)(C)C. The predicted molar refractivity (Wildman–Crippen MR) is 86.7 cm³/mol. The third kappa shape index (κ3) is 6.23. The molecule has 1 aromatic rings. The third-order valence-corrected chi connectivity index (χ3v) is 2.93. The number of ether oxygens (including phenoxy) is 1. The number of hydrogen-bond acceptors (Lipinski definition) is 3. The largest absolute Gasteiger partial charge is 0.444 e. The third-order valence-electron chi connectivity index (χ3n) is 2.21. The van der Waals surface area contributed by atoms with Gasteiger partial charge >= 0.3 is 6.09 Å². The Kier molecular flexibility index (Phi) is 5.79. The second kappa shape index (κ2) is 6.92. The van der Waals surface area contributed by atoms with Gasteiger partial charge in [0, 0.05) is 16.3 Å². The van der Waals surface area contributed by atoms with Gasteiger partial charge in [-0.05, 0) is 67.6 Å². The first kappa shape index (κ1) is 16.7. The van der Waals surface area contributed by atoms with Crippen LogP contribution in [0.2, 0.25) is 0 Å². The van der Waals surface area contributed by atoms with Crippen molar-refractivity contribution >= 4 is 40.3 Å². The van der Waals surface area contributed by atoms with Crippen molar-refractivity contribution in [2.75, 3.05) is 18.9 Å². The fraction of sp³-hybridized carbons (Fsp3) is 0.429. The van der Waals surface area contributed by atoms with Crippen LogP contribution in [-0.4, -0.2) is 36.1 Å². The summed E-state index contributed by atoms with van der Waals surface area (Å²) >= 11 is 2.19. The van der Waals surface area contributed by atoms with Gasteiger partial charge in [0.1, 0.15) is 12.1 Å². The molecule has 20 heavy (non-hydrogen) atoms. The fourth-order valence-corrected chi connectivity index (χ4v) is 1.71. The van der Waals surface area contributed by atoms with Crippen LogP contribution in [-0.2, 0) is 9.53 Å². The maximum absolute atomic E-state index is 11.8. The van der Waals surface area contributed by atoms with E-state index in [1.807, 2.05) is 24.3 Å². The summed E-state index contributed by atoms with van der Waals surface area (Å²) in [5.74, 6) is -0.264. The molecule has 0 aromatic heterocycles. The monoisotopic (exact) mass is 390 g/mol. The van der Waals surface area contributed by atoms with E-state index in [1.54, 1.807) is 20.8 Å². The Morgan fingerprint density at radius 2 is 1.80 bits per heavy atom. The molecule has 0 fully saturated rings. The molecule has 1 N–H and O–H groups in total. The van der Waals surface area contributed by atoms with Crippen molar-refractivity contribution in [2.45, 2.75) is 26.4 Å². The molecule has 1 rings (SSSR count). The quantitative estimate of drug-likeness (QED) is 0.808. The number of hydrogen-bond donors (Lipinski definition) is 1. The summed E-state index contributed by atoms with van der Waals surface area (Å²) in [6.45, 7) is 5.29. The minimum Gasteiger partial charge on any atom is -0.444 e. The maximum Gasteiger partial charge on any atom is 0.410 e. The van der Waals surface area contributed by atoms with Gasteiger partial charge in [0.05, 0.1) is 0 Å². The average Bonchev–Trinajstić information content (AvgIpc) is 2.29. The molecule has 0 atom stereocenters. The molecule has 0 aliphatic carbocycles. The fourth-order valence-electron chi connectivity index (χ4n) is 1.35. The molecule has 0 saturated heterocycles. The first-order valence-electron chi connectivity index (χ1n) is 6.17. The van der Waals surface area contributed by atoms with Crippen molar-refractivity contribution in [3.05, 3.63) is 27.8 Å². The lowest BCUT2D eigenvalue weighted by Crippen LogP contribution is -2.38. The minimum atomic E-state index is -0.571. The summed E-state index contributed by atoms with van der Waals surface area (Å²) in [6, 6.07) is 7.42. The summed E-state index contributed by atoms with van der Waals surface area (Å²) in [6.07, 6.45) is -0.518. The Morgan fingerprint density at radius 1 is 1.25 bits per heavy atom. The second-order valence-corrected chi connectivity index (χ2v) is 6.64. The van der Waals surface area contributed by atoms with Gasteiger partial charge < -0.3 is 15.0 Å². The van der Waals surface area contributed by atoms with Crippen molar-refractivity contribution in [1.82, 2.24) is 4.90 Å². The van der Waals surface area contributed by atoms with Gasteiger partial charge in [0.2, 0.25) is 5.91 Å². The number of nitrogens with one attached hydrogen (secondary N) is 1. The number of rotatable bonds is 3. The summed E-state index contributed by atoms with van der Waals surface area (Å²) in [5.41, 5.74) is 0.130. The first-order chi connectivity index (χ1) is 9.17. The van der Waals surface area contributed by atoms with Crippen LogP contribution in [0.25, 0.3) is 0 Å². The van der Waals surface area contributed by atoms with Crippen LogP contribution in [0.5, 0.6) is 0 Å². The van der Waals surface area contributed by atoms with Gasteiger partial charge in [0.15, 0.2) is 0 Å². The number of nitrogens with zero attached hydrogens (tertiary/aromatic N) is 1. The van der Waals surface area contributed by atoms with Crippen LogP contribution in [0.1, 0.15) is 20.8 Å². The van der Waals surface area contributed by atoms with E-state index in [9.17, 15) is 9.59 Å². The van der Waals surface area contributed by atoms with Gasteiger partial charge in [-0.15, -0.1) is 0 Å². The number of carbonyl (C=O) groups is 2. The topological polar surface area (TPSA) is 58.6 Å². The molecular weight excluding hydrogens is 371 g/mol. The van der Waals surface area contributed by atoms with Gasteiger partial charge in [-0.3, -0.25) is 4.79 Å². The highest BCUT2D eigenvalue weighted by Gasteiger charge is 2.21. The highest BCUT2D eigenvalue weighted by atomic mass is 127. The zero-order valence-corrected chi connectivity index (χ0v) is 14.2. The van der Waals surface area contributed by atoms with Crippen molar-refractivity contribution in [3.8, 4) is 0 Å². The van der Waals surface area contributed by atoms with E-state index in [-0.39, 0.29) is 12.5 Å². The summed E-state index contributed by atoms with van der Waals surface area (Å²) < 4.78 is 6.26. The second-order valence-electron chi connectivity index (χ2n) is 5.39. The highest BCUT2D eigenvalue weighted by Crippen LogP contribution is 2.12. The number of carbonyl (C=O) groups excluding carboxylic acids is 2. The lowest BCUT2D eigenvalue weighted by atomic mass is 10.2. The average molecular weight is 390 g/mol. The van der Waals surface area contributed by atoms with Crippen LogP contribution in [0.4, 0.5) is 10.5 Å². The number of amides is 2. The zero-order valence-electron chi connectivity index (χ0n) is 12.1. The van der Waals surface area contributed by atoms with Crippen LogP contribution < -0.4 is 5.32 Å². The van der Waals surface area contributed by atoms with Gasteiger partial charge in [-0.1, -0.05) is 0 Å². The van der Waals surface area contributed by atoms with Crippen molar-refractivity contribution in [2.24, 2.45) is 0 Å². The van der Waals surface area contributed by atoms with Crippen LogP contribution in [0.15, 0.2) is 24.3 Å². The molecule has 110 valence electrons. The highest BCUT2D eigenvalue weighted by molar-refractivity contribution is 14.1. The maximum atomic E-state index is 11.8. The minimum absolute atomic E-state index is 0.0547. The van der Waals surface area contributed by atoms with Crippen molar-refractivity contribution < 1.29 is 14.3 Å². The molecule has 6 heteroatoms. The van der Waals surface area contributed by atoms with E-state index in [4.69, 9.17) is 4.74 Å². The molecular formula is C14H19IN2O3. The zero-order chi connectivity index (χ0) is 15.3. The van der Waals surface area contributed by atoms with E-state index in [0.29, 0.717) is 5.69 Å². The molecule has 0 heterocycles. The van der Waals surface area contributed by atoms with Crippen LogP contribution >= 0.6 is 22.6 Å². The first-order valence-corrected chi connectivity index (χ1v) is 7.25. The molecule has 0 aliphatic heterocycles. The lowest BCUT2D eigenvalue weighted by Gasteiger charge is -2.24. The van der Waals surface area contributed by atoms with Crippen molar-refractivity contribution in [1.29, 1.82) is 0 Å². The van der Waals surface area contributed by atoms with E-state index in [2.05, 4.69) is 27.9 Å². The molecule has 1 aromatic carbocycles. The lowest BCUT2D eigenvalue weighted by molar-refractivity contribution is -0.117. The smallest absolute Gasteiger partial charge is 0.410 e. The molecule has 0 aliphatic rings. The molecule has 5 nitrogen and oxygen atoms in total. The molecule has 0 saturated carbocycles. The van der Waals surface area contributed by atoms with E-state index < -0.39 is 11.7 Å². The summed E-state index contributed by atoms with van der Waals surface area (Å²) in [4.78, 5) is 24.8. The summed E-state index contributed by atoms with van der Waals surface area (Å²) in [5, 5.41) is 2.73. The predicted octanol–water partition coefficient (Wildman–Crippen LogP) is 3.10. The molecule has 0 spiro atoms. The van der Waals surface area contributed by atoms with Gasteiger partial charge in [0.25, 0.3) is 0 Å². The molecule has 0 bridgehead atoms. The molecule has 0 radical (unpaired) electrons. The van der Waals surface area contributed by atoms with E-state index in [1.165, 1.54) is 11.9 Å². The Morgan fingerprint density at radius 3 is 2.30 bits per heavy atom. The van der Waals surface area contributed by atoms with Gasteiger partial charge in [-0.2, -0.15) is 0 Å². The normalized spacial score (nSPS) is 10.8. The van der Waals surface area contributed by atoms with Crippen LogP contribution in [0, 0.1) is 3.57 Å². The molecule has 2 amide bonds. The number of halogens is 1.